The first kappa shape index (κ1) is 22.5. The molecule has 9 nitrogen and oxygen atoms in total. The van der Waals surface area contributed by atoms with Crippen LogP contribution in [0, 0.1) is 0 Å². The summed E-state index contributed by atoms with van der Waals surface area (Å²) in [5, 5.41) is 26.0. The maximum Gasteiger partial charge on any atom is 3.00 e. The van der Waals surface area contributed by atoms with Crippen LogP contribution in [0.5, 0.6) is 0 Å². The maximum atomic E-state index is 8.67. The number of carbonyl (C=O) groups excluding carboxylic acids is 3. The van der Waals surface area contributed by atoms with Gasteiger partial charge in [-0.25, -0.2) is 0 Å². The van der Waals surface area contributed by atoms with Crippen LogP contribution in [-0.2, 0) is 0 Å². The van der Waals surface area contributed by atoms with E-state index in [2.05, 4.69) is 17.2 Å². The quantitative estimate of drug-likeness (QED) is 0.338. The van der Waals surface area contributed by atoms with Gasteiger partial charge >= 0.3 is 9.90 Å². The number of hydrogen-bond donors (Lipinski definition) is 3. The summed E-state index contributed by atoms with van der Waals surface area (Å²) in [5.41, 5.74) is 11.8. The second kappa shape index (κ2) is 16.7. The van der Waals surface area contributed by atoms with Crippen LogP contribution in [0.15, 0.2) is 0 Å². The summed E-state index contributed by atoms with van der Waals surface area (Å²) < 4.78 is 0. The van der Waals surface area contributed by atoms with Crippen LogP contribution in [0.1, 0.15) is 0 Å². The zero-order chi connectivity index (χ0) is 10.7. The smallest absolute Gasteiger partial charge is 0.530 e. The molecule has 0 atom stereocenters. The van der Waals surface area contributed by atoms with Crippen LogP contribution in [-0.4, -0.2) is 18.3 Å². The minimum absolute atomic E-state index is 0. The van der Waals surface area contributed by atoms with Crippen molar-refractivity contribution in [2.24, 2.45) is 17.2 Å². The van der Waals surface area contributed by atoms with Crippen molar-refractivity contribution >= 4 is 28.2 Å². The molecular weight excluding hydrogens is 205 g/mol. The van der Waals surface area contributed by atoms with E-state index < -0.39 is 18.3 Å². The first-order valence-corrected chi connectivity index (χ1v) is 2.09. The van der Waals surface area contributed by atoms with Gasteiger partial charge in [0.05, 0.1) is 0 Å². The molecule has 3 amide bonds. The van der Waals surface area contributed by atoms with Crippen LogP contribution in [0.25, 0.3) is 0 Å². The predicted octanol–water partition coefficient (Wildman–Crippen LogP) is -4.27. The molecule has 2 radical (unpaired) electrons. The molecule has 0 aromatic heterocycles. The van der Waals surface area contributed by atoms with Crippen LogP contribution in [0.4, 0.5) is 14.4 Å². The monoisotopic (exact) mass is 211 g/mol. The zero-order valence-electron chi connectivity index (χ0n) is 6.13. The normalized spacial score (nSPS) is 5.54. The van der Waals surface area contributed by atoms with Crippen molar-refractivity contribution in [1.29, 1.82) is 0 Å². The second-order valence-electron chi connectivity index (χ2n) is 0.957. The van der Waals surface area contributed by atoms with Crippen LogP contribution >= 0.6 is 9.90 Å². The molecule has 10 heteroatoms. The summed E-state index contributed by atoms with van der Waals surface area (Å²) in [6.45, 7) is 0. The Hall–Kier alpha value is -1.76. The van der Waals surface area contributed by atoms with E-state index in [-0.39, 0.29) is 9.90 Å². The number of hydrogen-bond acceptors (Lipinski definition) is 6. The van der Waals surface area contributed by atoms with E-state index in [4.69, 9.17) is 29.7 Å². The summed E-state index contributed by atoms with van der Waals surface area (Å²) in [5.74, 6) is 0. The number of carboxylic acid groups (broad SMARTS) is 3. The number of rotatable bonds is 0. The molecule has 0 heterocycles. The van der Waals surface area contributed by atoms with E-state index in [0.29, 0.717) is 0 Å². The minimum Gasteiger partial charge on any atom is -0.530 e. The molecule has 13 heavy (non-hydrogen) atoms. The standard InChI is InChI=1S/3CH3NO2.P/c3*2-1(3)4;/h3*2H2,(H,3,4);/q;;;+3/p-3. The Morgan fingerprint density at radius 1 is 0.692 bits per heavy atom. The molecule has 0 aromatic carbocycles. The molecule has 74 valence electrons. The topological polar surface area (TPSA) is 198 Å². The molecule has 0 saturated carbocycles. The predicted molar refractivity (Wildman–Crippen MR) is 35.7 cm³/mol. The molecule has 0 aromatic rings. The van der Waals surface area contributed by atoms with Gasteiger partial charge in [-0.3, -0.25) is 0 Å². The van der Waals surface area contributed by atoms with Gasteiger partial charge < -0.3 is 46.9 Å². The van der Waals surface area contributed by atoms with Crippen LogP contribution in [0.2, 0.25) is 0 Å². The van der Waals surface area contributed by atoms with Gasteiger partial charge in [-0.1, -0.05) is 0 Å². The number of carbonyl (C=O) groups is 3. The molecule has 0 unspecified atom stereocenters. The number of primary amides is 3. The van der Waals surface area contributed by atoms with E-state index in [1.807, 2.05) is 0 Å². The Kier molecular flexibility index (Phi) is 28.8. The van der Waals surface area contributed by atoms with Crippen molar-refractivity contribution in [3.8, 4) is 0 Å². The maximum absolute atomic E-state index is 8.67. The zero-order valence-corrected chi connectivity index (χ0v) is 7.02. The summed E-state index contributed by atoms with van der Waals surface area (Å²) in [6, 6.07) is 0. The SMILES string of the molecule is NC(=O)[O-].NC(=O)[O-].NC(=O)[O-].[P+3]. The Morgan fingerprint density at radius 2 is 0.692 bits per heavy atom. The van der Waals surface area contributed by atoms with Crippen molar-refractivity contribution in [3.63, 3.8) is 0 Å². The Labute approximate surface area is 76.1 Å². The molecule has 0 saturated heterocycles. The summed E-state index contributed by atoms with van der Waals surface area (Å²) in [7, 11) is 0. The first-order chi connectivity index (χ1) is 5.20. The molecule has 0 rings (SSSR count). The average Bonchev–Trinajstić information content (AvgIpc) is 1.54. The Bertz CT molecular complexity index is 121. The largest absolute Gasteiger partial charge is 3.00 e. The third-order valence-electron chi connectivity index (χ3n) is 0. The first-order valence-electron chi connectivity index (χ1n) is 2.09. The van der Waals surface area contributed by atoms with Gasteiger partial charge in [-0.05, 0) is 0 Å². The van der Waals surface area contributed by atoms with Gasteiger partial charge in [-0.2, -0.15) is 0 Å². The number of amides is 3. The Balaban J connectivity index is -0.0000000450. The van der Waals surface area contributed by atoms with Gasteiger partial charge in [0.15, 0.2) is 0 Å². The van der Waals surface area contributed by atoms with E-state index in [1.165, 1.54) is 0 Å². The fourth-order valence-electron chi connectivity index (χ4n) is 0. The van der Waals surface area contributed by atoms with E-state index in [0.717, 1.165) is 0 Å². The second-order valence-corrected chi connectivity index (χ2v) is 0.957. The molecule has 0 spiro atoms. The van der Waals surface area contributed by atoms with Crippen molar-refractivity contribution in [1.82, 2.24) is 0 Å². The molecule has 0 aliphatic heterocycles. The van der Waals surface area contributed by atoms with Gasteiger partial charge in [0.2, 0.25) is 0 Å². The molecular formula is C3H6N3O6P. The molecule has 0 aliphatic carbocycles. The van der Waals surface area contributed by atoms with Gasteiger partial charge in [0.1, 0.15) is 18.3 Å². The fourth-order valence-corrected chi connectivity index (χ4v) is 0. The Morgan fingerprint density at radius 3 is 0.692 bits per heavy atom. The summed E-state index contributed by atoms with van der Waals surface area (Å²) in [4.78, 5) is 26.0. The molecule has 0 bridgehead atoms. The molecule has 0 aliphatic rings. The van der Waals surface area contributed by atoms with Crippen molar-refractivity contribution in [2.45, 2.75) is 0 Å². The summed E-state index contributed by atoms with van der Waals surface area (Å²) in [6.07, 6.45) is -4.75. The van der Waals surface area contributed by atoms with Crippen molar-refractivity contribution in [2.75, 3.05) is 0 Å². The minimum atomic E-state index is -1.58. The third-order valence-corrected chi connectivity index (χ3v) is 0. The van der Waals surface area contributed by atoms with Crippen molar-refractivity contribution in [3.05, 3.63) is 0 Å². The third kappa shape index (κ3) is 224. The van der Waals surface area contributed by atoms with Crippen LogP contribution < -0.4 is 32.5 Å². The van der Waals surface area contributed by atoms with E-state index in [9.17, 15) is 0 Å². The molecule has 0 fully saturated rings. The summed E-state index contributed by atoms with van der Waals surface area (Å²) >= 11 is 0. The average molecular weight is 211 g/mol. The fraction of sp³-hybridized carbons (Fsp3) is 0. The van der Waals surface area contributed by atoms with Gasteiger partial charge in [-0.15, -0.1) is 0 Å². The van der Waals surface area contributed by atoms with E-state index in [1.54, 1.807) is 0 Å². The van der Waals surface area contributed by atoms with Gasteiger partial charge in [0.25, 0.3) is 0 Å². The van der Waals surface area contributed by atoms with Crippen molar-refractivity contribution < 1.29 is 29.7 Å². The molecule has 6 N–H and O–H groups in total. The van der Waals surface area contributed by atoms with Crippen LogP contribution in [0.3, 0.4) is 0 Å². The van der Waals surface area contributed by atoms with E-state index >= 15 is 0 Å². The van der Waals surface area contributed by atoms with Gasteiger partial charge in [0, 0.05) is 0 Å². The number of nitrogens with two attached hydrogens (primary N) is 3.